The summed E-state index contributed by atoms with van der Waals surface area (Å²) in [5.74, 6) is -0.880. The topological polar surface area (TPSA) is 77.2 Å². The van der Waals surface area contributed by atoms with Crippen LogP contribution in [0.25, 0.3) is 0 Å². The first-order chi connectivity index (χ1) is 5.90. The number of hydrogen-bond acceptors (Lipinski definition) is 4. The second kappa shape index (κ2) is 3.38. The van der Waals surface area contributed by atoms with Gasteiger partial charge in [0.25, 0.3) is 0 Å². The number of carbonyl (C=O) groups is 1. The minimum absolute atomic E-state index is 0.0643. The molecule has 1 aliphatic rings. The fourth-order valence-electron chi connectivity index (χ4n) is 1.80. The van der Waals surface area contributed by atoms with E-state index in [0.29, 0.717) is 0 Å². The van der Waals surface area contributed by atoms with Crippen LogP contribution in [-0.4, -0.2) is 31.7 Å². The maximum Gasteiger partial charge on any atom is 0.161 e. The molecule has 5 heteroatoms. The molecule has 1 heterocycles. The summed E-state index contributed by atoms with van der Waals surface area (Å²) in [6.07, 6.45) is 0. The lowest BCUT2D eigenvalue weighted by Crippen LogP contribution is -2.30. The monoisotopic (exact) mass is 205 g/mol. The van der Waals surface area contributed by atoms with Crippen LogP contribution in [0.4, 0.5) is 0 Å². The van der Waals surface area contributed by atoms with Gasteiger partial charge in [0.05, 0.1) is 5.75 Å². The summed E-state index contributed by atoms with van der Waals surface area (Å²) in [6, 6.07) is 0. The number of rotatable bonds is 2. The number of sulfone groups is 1. The fourth-order valence-corrected chi connectivity index (χ4v) is 4.25. The molecule has 2 atom stereocenters. The summed E-state index contributed by atoms with van der Waals surface area (Å²) in [5, 5.41) is -0.818. The smallest absolute Gasteiger partial charge is 0.161 e. The normalized spacial score (nSPS) is 32.8. The van der Waals surface area contributed by atoms with E-state index >= 15 is 0 Å². The van der Waals surface area contributed by atoms with Crippen molar-refractivity contribution in [3.63, 3.8) is 0 Å². The van der Waals surface area contributed by atoms with Crippen molar-refractivity contribution in [3.05, 3.63) is 0 Å². The van der Waals surface area contributed by atoms with Crippen molar-refractivity contribution in [2.45, 2.75) is 19.1 Å². The van der Waals surface area contributed by atoms with E-state index in [4.69, 9.17) is 5.73 Å². The Kier molecular flexibility index (Phi) is 2.77. The second-order valence-electron chi connectivity index (χ2n) is 3.83. The van der Waals surface area contributed by atoms with Gasteiger partial charge in [0.2, 0.25) is 0 Å². The van der Waals surface area contributed by atoms with Crippen molar-refractivity contribution in [2.75, 3.05) is 12.3 Å². The Hall–Kier alpha value is -0.420. The van der Waals surface area contributed by atoms with Gasteiger partial charge in [-0.05, 0) is 5.92 Å². The summed E-state index contributed by atoms with van der Waals surface area (Å²) < 4.78 is 23.0. The predicted octanol–water partition coefficient (Wildman–Crippen LogP) is -0.417. The van der Waals surface area contributed by atoms with E-state index in [9.17, 15) is 13.2 Å². The third kappa shape index (κ3) is 1.76. The summed E-state index contributed by atoms with van der Waals surface area (Å²) in [4.78, 5) is 11.5. The molecule has 1 fully saturated rings. The molecular weight excluding hydrogens is 190 g/mol. The maximum atomic E-state index is 11.5. The highest BCUT2D eigenvalue weighted by Gasteiger charge is 2.46. The molecule has 0 amide bonds. The van der Waals surface area contributed by atoms with E-state index in [0.717, 1.165) is 0 Å². The van der Waals surface area contributed by atoms with Gasteiger partial charge in [-0.25, -0.2) is 8.42 Å². The zero-order valence-electron chi connectivity index (χ0n) is 7.86. The van der Waals surface area contributed by atoms with Crippen LogP contribution < -0.4 is 5.73 Å². The van der Waals surface area contributed by atoms with Crippen molar-refractivity contribution >= 4 is 15.6 Å². The number of ketones is 1. The van der Waals surface area contributed by atoms with E-state index in [1.807, 2.05) is 0 Å². The van der Waals surface area contributed by atoms with E-state index in [-0.39, 0.29) is 24.0 Å². The van der Waals surface area contributed by atoms with Crippen molar-refractivity contribution in [1.82, 2.24) is 0 Å². The Morgan fingerprint density at radius 2 is 2.08 bits per heavy atom. The second-order valence-corrected chi connectivity index (χ2v) is 6.00. The first-order valence-electron chi connectivity index (χ1n) is 4.35. The van der Waals surface area contributed by atoms with Crippen LogP contribution in [0, 0.1) is 11.8 Å². The van der Waals surface area contributed by atoms with Crippen molar-refractivity contribution < 1.29 is 13.2 Å². The molecule has 76 valence electrons. The molecule has 0 radical (unpaired) electrons. The Morgan fingerprint density at radius 3 is 2.31 bits per heavy atom. The lowest BCUT2D eigenvalue weighted by atomic mass is 9.98. The average molecular weight is 205 g/mol. The Labute approximate surface area is 78.4 Å². The molecule has 0 aromatic heterocycles. The molecule has 1 rings (SSSR count). The Bertz CT molecular complexity index is 307. The first kappa shape index (κ1) is 10.7. The largest absolute Gasteiger partial charge is 0.330 e. The highest BCUT2D eigenvalue weighted by molar-refractivity contribution is 7.93. The lowest BCUT2D eigenvalue weighted by molar-refractivity contribution is -0.121. The summed E-state index contributed by atoms with van der Waals surface area (Å²) in [7, 11) is -3.23. The van der Waals surface area contributed by atoms with Gasteiger partial charge < -0.3 is 5.73 Å². The van der Waals surface area contributed by atoms with Crippen LogP contribution >= 0.6 is 0 Å². The van der Waals surface area contributed by atoms with Crippen LogP contribution in [-0.2, 0) is 14.6 Å². The first-order valence-corrected chi connectivity index (χ1v) is 6.07. The predicted molar refractivity (Wildman–Crippen MR) is 50.0 cm³/mol. The Balaban J connectivity index is 3.02. The summed E-state index contributed by atoms with van der Waals surface area (Å²) in [5.41, 5.74) is 5.32. The molecule has 0 aromatic rings. The van der Waals surface area contributed by atoms with E-state index in [1.165, 1.54) is 0 Å². The van der Waals surface area contributed by atoms with Gasteiger partial charge in [-0.15, -0.1) is 0 Å². The van der Waals surface area contributed by atoms with Crippen LogP contribution in [0.5, 0.6) is 0 Å². The molecule has 4 nitrogen and oxygen atoms in total. The number of Topliss-reactive ketones (excluding diaryl/α,β-unsaturated/α-hetero) is 1. The number of hydrogen-bond donors (Lipinski definition) is 1. The maximum absolute atomic E-state index is 11.5. The van der Waals surface area contributed by atoms with Gasteiger partial charge in [0, 0.05) is 12.5 Å². The molecule has 1 saturated heterocycles. The molecule has 1 aliphatic heterocycles. The van der Waals surface area contributed by atoms with Crippen molar-refractivity contribution in [2.24, 2.45) is 17.6 Å². The van der Waals surface area contributed by atoms with Gasteiger partial charge in [-0.3, -0.25) is 4.79 Å². The third-order valence-corrected chi connectivity index (χ3v) is 4.81. The highest BCUT2D eigenvalue weighted by atomic mass is 32.2. The van der Waals surface area contributed by atoms with Crippen LogP contribution in [0.3, 0.4) is 0 Å². The number of nitrogens with two attached hydrogens (primary N) is 1. The minimum Gasteiger partial charge on any atom is -0.330 e. The minimum atomic E-state index is -3.23. The molecular formula is C8H15NO3S. The Morgan fingerprint density at radius 1 is 1.54 bits per heavy atom. The van der Waals surface area contributed by atoms with E-state index in [2.05, 4.69) is 0 Å². The number of carbonyl (C=O) groups excluding carboxylic acids is 1. The van der Waals surface area contributed by atoms with Crippen LogP contribution in [0.15, 0.2) is 0 Å². The molecule has 2 unspecified atom stereocenters. The molecule has 0 aromatic carbocycles. The van der Waals surface area contributed by atoms with E-state index in [1.54, 1.807) is 13.8 Å². The van der Waals surface area contributed by atoms with E-state index < -0.39 is 21.0 Å². The zero-order valence-corrected chi connectivity index (χ0v) is 8.67. The van der Waals surface area contributed by atoms with Gasteiger partial charge in [0.1, 0.15) is 5.25 Å². The van der Waals surface area contributed by atoms with Crippen LogP contribution in [0.2, 0.25) is 0 Å². The fraction of sp³-hybridized carbons (Fsp3) is 0.875. The molecule has 2 N–H and O–H groups in total. The summed E-state index contributed by atoms with van der Waals surface area (Å²) in [6.45, 7) is 3.64. The molecule has 0 aliphatic carbocycles. The lowest BCUT2D eigenvalue weighted by Gasteiger charge is -2.11. The van der Waals surface area contributed by atoms with Gasteiger partial charge in [0.15, 0.2) is 15.6 Å². The molecule has 0 spiro atoms. The van der Waals surface area contributed by atoms with Crippen LogP contribution in [0.1, 0.15) is 13.8 Å². The van der Waals surface area contributed by atoms with Gasteiger partial charge >= 0.3 is 0 Å². The molecule has 13 heavy (non-hydrogen) atoms. The van der Waals surface area contributed by atoms with Gasteiger partial charge in [-0.1, -0.05) is 13.8 Å². The highest BCUT2D eigenvalue weighted by Crippen LogP contribution is 2.26. The zero-order chi connectivity index (χ0) is 10.2. The van der Waals surface area contributed by atoms with Crippen molar-refractivity contribution in [3.8, 4) is 0 Å². The standard InChI is InChI=1S/C8H15NO3S/c1-5(2)8-7(10)6(3-9)4-13(8,11)12/h5-6,8H,3-4,9H2,1-2H3. The molecule has 0 saturated carbocycles. The molecule has 0 bridgehead atoms. The van der Waals surface area contributed by atoms with Crippen molar-refractivity contribution in [1.29, 1.82) is 0 Å². The quantitative estimate of drug-likeness (QED) is 0.664. The summed E-state index contributed by atoms with van der Waals surface area (Å²) >= 11 is 0. The third-order valence-electron chi connectivity index (χ3n) is 2.39. The SMILES string of the molecule is CC(C)C1C(=O)C(CN)CS1(=O)=O. The van der Waals surface area contributed by atoms with Gasteiger partial charge in [-0.2, -0.15) is 0 Å². The average Bonchev–Trinajstić information content (AvgIpc) is 2.20.